The van der Waals surface area contributed by atoms with Crippen molar-refractivity contribution in [2.24, 2.45) is 0 Å². The fourth-order valence-corrected chi connectivity index (χ4v) is 1.91. The van der Waals surface area contributed by atoms with Gasteiger partial charge < -0.3 is 10.2 Å². The Bertz CT molecular complexity index is 445. The van der Waals surface area contributed by atoms with Gasteiger partial charge in [-0.05, 0) is 24.1 Å². The second-order valence-electron chi connectivity index (χ2n) is 4.32. The van der Waals surface area contributed by atoms with Crippen LogP contribution in [0.15, 0.2) is 24.3 Å². The van der Waals surface area contributed by atoms with Crippen molar-refractivity contribution in [3.05, 3.63) is 35.6 Å². The highest BCUT2D eigenvalue weighted by Crippen LogP contribution is 2.07. The third-order valence-corrected chi connectivity index (χ3v) is 2.88. The van der Waals surface area contributed by atoms with E-state index in [4.69, 9.17) is 0 Å². The maximum atomic E-state index is 12.7. The third kappa shape index (κ3) is 3.29. The summed E-state index contributed by atoms with van der Waals surface area (Å²) >= 11 is 0. The molecule has 1 aliphatic heterocycles. The van der Waals surface area contributed by atoms with E-state index in [0.29, 0.717) is 13.1 Å². The molecule has 4 nitrogen and oxygen atoms in total. The number of nitrogens with zero attached hydrogens (tertiary/aromatic N) is 1. The number of carbonyl (C=O) groups is 2. The van der Waals surface area contributed by atoms with Crippen molar-refractivity contribution in [2.75, 3.05) is 19.6 Å². The molecular weight excluding hydrogens is 235 g/mol. The van der Waals surface area contributed by atoms with Crippen LogP contribution in [0.1, 0.15) is 12.0 Å². The van der Waals surface area contributed by atoms with Gasteiger partial charge >= 0.3 is 0 Å². The lowest BCUT2D eigenvalue weighted by Gasteiger charge is -2.18. The number of benzene rings is 1. The molecule has 1 heterocycles. The highest BCUT2D eigenvalue weighted by Gasteiger charge is 2.19. The van der Waals surface area contributed by atoms with Gasteiger partial charge in [0.2, 0.25) is 11.8 Å². The first-order valence-corrected chi connectivity index (χ1v) is 5.94. The predicted molar refractivity (Wildman–Crippen MR) is 64.3 cm³/mol. The minimum atomic E-state index is -0.319. The lowest BCUT2D eigenvalue weighted by Crippen LogP contribution is -2.38. The van der Waals surface area contributed by atoms with E-state index < -0.39 is 0 Å². The Morgan fingerprint density at radius 2 is 2.06 bits per heavy atom. The molecule has 2 rings (SSSR count). The van der Waals surface area contributed by atoms with E-state index in [0.717, 1.165) is 12.0 Å². The van der Waals surface area contributed by atoms with Gasteiger partial charge in [0.25, 0.3) is 0 Å². The minimum absolute atomic E-state index is 0.0985. The van der Waals surface area contributed by atoms with Crippen molar-refractivity contribution in [3.63, 3.8) is 0 Å². The van der Waals surface area contributed by atoms with Crippen LogP contribution >= 0.6 is 0 Å². The van der Waals surface area contributed by atoms with Gasteiger partial charge in [0.15, 0.2) is 0 Å². The normalized spacial score (nSPS) is 16.1. The zero-order valence-corrected chi connectivity index (χ0v) is 9.99. The molecule has 1 aromatic rings. The summed E-state index contributed by atoms with van der Waals surface area (Å²) < 4.78 is 12.7. The Labute approximate surface area is 105 Å². The highest BCUT2D eigenvalue weighted by molar-refractivity contribution is 5.86. The predicted octanol–water partition coefficient (Wildman–Crippen LogP) is 0.717. The summed E-state index contributed by atoms with van der Waals surface area (Å²) in [6.45, 7) is 1.30. The molecule has 5 heteroatoms. The number of hydrogen-bond acceptors (Lipinski definition) is 2. The summed E-state index contributed by atoms with van der Waals surface area (Å²) in [5, 5.41) is 2.72. The quantitative estimate of drug-likeness (QED) is 0.840. The molecule has 0 unspecified atom stereocenters. The fraction of sp³-hybridized carbons (Fsp3) is 0.385. The molecule has 1 saturated heterocycles. The first kappa shape index (κ1) is 12.5. The maximum Gasteiger partial charge on any atom is 0.239 e. The van der Waals surface area contributed by atoms with Crippen LogP contribution in [-0.2, 0) is 16.0 Å². The van der Waals surface area contributed by atoms with Crippen molar-refractivity contribution < 1.29 is 14.0 Å². The first-order chi connectivity index (χ1) is 8.65. The molecular formula is C13H15FN2O2. The van der Waals surface area contributed by atoms with Crippen LogP contribution < -0.4 is 5.32 Å². The van der Waals surface area contributed by atoms with E-state index in [-0.39, 0.29) is 30.6 Å². The van der Waals surface area contributed by atoms with Crippen LogP contribution in [0, 0.1) is 5.82 Å². The maximum absolute atomic E-state index is 12.7. The van der Waals surface area contributed by atoms with Crippen molar-refractivity contribution in [1.29, 1.82) is 0 Å². The Hall–Kier alpha value is -1.91. The molecule has 0 saturated carbocycles. The summed E-state index contributed by atoms with van der Waals surface area (Å²) in [4.78, 5) is 24.9. The zero-order chi connectivity index (χ0) is 13.0. The molecule has 1 aromatic carbocycles. The summed E-state index contributed by atoms with van der Waals surface area (Å²) in [5.41, 5.74) is 0.756. The molecule has 96 valence electrons. The largest absolute Gasteiger partial charge is 0.354 e. The lowest BCUT2D eigenvalue weighted by molar-refractivity contribution is -0.134. The summed E-state index contributed by atoms with van der Waals surface area (Å²) in [5.74, 6) is -0.543. The summed E-state index contributed by atoms with van der Waals surface area (Å²) in [6, 6.07) is 5.84. The van der Waals surface area contributed by atoms with Crippen LogP contribution in [0.2, 0.25) is 0 Å². The Kier molecular flexibility index (Phi) is 3.92. The Morgan fingerprint density at radius 1 is 1.33 bits per heavy atom. The van der Waals surface area contributed by atoms with Crippen molar-refractivity contribution >= 4 is 11.8 Å². The van der Waals surface area contributed by atoms with Crippen LogP contribution in [-0.4, -0.2) is 36.3 Å². The average molecular weight is 250 g/mol. The Balaban J connectivity index is 1.98. The highest BCUT2D eigenvalue weighted by atomic mass is 19.1. The molecule has 1 fully saturated rings. The third-order valence-electron chi connectivity index (χ3n) is 2.88. The van der Waals surface area contributed by atoms with Crippen LogP contribution in [0.3, 0.4) is 0 Å². The number of hydrogen-bond donors (Lipinski definition) is 1. The van der Waals surface area contributed by atoms with Crippen LogP contribution in [0.5, 0.6) is 0 Å². The molecule has 1 aliphatic rings. The van der Waals surface area contributed by atoms with Gasteiger partial charge in [0.05, 0.1) is 13.0 Å². The van der Waals surface area contributed by atoms with E-state index >= 15 is 0 Å². The standard InChI is InChI=1S/C13H15FN2O2/c14-11-4-2-10(3-5-11)8-13(18)16-7-1-6-15-12(17)9-16/h2-5H,1,6-9H2,(H,15,17). The second kappa shape index (κ2) is 5.62. The molecule has 0 atom stereocenters. The number of amides is 2. The average Bonchev–Trinajstić information content (AvgIpc) is 2.57. The van der Waals surface area contributed by atoms with Crippen LogP contribution in [0.25, 0.3) is 0 Å². The first-order valence-electron chi connectivity index (χ1n) is 5.94. The second-order valence-corrected chi connectivity index (χ2v) is 4.32. The number of halogens is 1. The van der Waals surface area contributed by atoms with Gasteiger partial charge in [-0.25, -0.2) is 4.39 Å². The van der Waals surface area contributed by atoms with Gasteiger partial charge in [0.1, 0.15) is 5.82 Å². The minimum Gasteiger partial charge on any atom is -0.354 e. The van der Waals surface area contributed by atoms with Gasteiger partial charge in [-0.15, -0.1) is 0 Å². The van der Waals surface area contributed by atoms with Crippen molar-refractivity contribution in [1.82, 2.24) is 10.2 Å². The van der Waals surface area contributed by atoms with E-state index in [1.54, 1.807) is 17.0 Å². The molecule has 0 aromatic heterocycles. The SMILES string of the molecule is O=C1CN(C(=O)Cc2ccc(F)cc2)CCCN1. The lowest BCUT2D eigenvalue weighted by atomic mass is 10.1. The van der Waals surface area contributed by atoms with Gasteiger partial charge in [-0.2, -0.15) is 0 Å². The molecule has 0 bridgehead atoms. The van der Waals surface area contributed by atoms with Crippen molar-refractivity contribution in [2.45, 2.75) is 12.8 Å². The fourth-order valence-electron chi connectivity index (χ4n) is 1.91. The molecule has 18 heavy (non-hydrogen) atoms. The van der Waals surface area contributed by atoms with Gasteiger partial charge in [-0.3, -0.25) is 9.59 Å². The van der Waals surface area contributed by atoms with E-state index in [1.165, 1.54) is 12.1 Å². The number of carbonyl (C=O) groups excluding carboxylic acids is 2. The molecule has 0 aliphatic carbocycles. The molecule has 0 radical (unpaired) electrons. The Morgan fingerprint density at radius 3 is 2.78 bits per heavy atom. The zero-order valence-electron chi connectivity index (χ0n) is 9.99. The van der Waals surface area contributed by atoms with E-state index in [2.05, 4.69) is 5.32 Å². The van der Waals surface area contributed by atoms with Gasteiger partial charge in [-0.1, -0.05) is 12.1 Å². The molecule has 2 amide bonds. The van der Waals surface area contributed by atoms with Crippen LogP contribution in [0.4, 0.5) is 4.39 Å². The smallest absolute Gasteiger partial charge is 0.239 e. The van der Waals surface area contributed by atoms with E-state index in [1.807, 2.05) is 0 Å². The van der Waals surface area contributed by atoms with Crippen molar-refractivity contribution in [3.8, 4) is 0 Å². The topological polar surface area (TPSA) is 49.4 Å². The monoisotopic (exact) mass is 250 g/mol. The number of nitrogens with one attached hydrogen (secondary N) is 1. The summed E-state index contributed by atoms with van der Waals surface area (Å²) in [6.07, 6.45) is 0.967. The summed E-state index contributed by atoms with van der Waals surface area (Å²) in [7, 11) is 0. The number of rotatable bonds is 2. The van der Waals surface area contributed by atoms with E-state index in [9.17, 15) is 14.0 Å². The molecule has 0 spiro atoms. The van der Waals surface area contributed by atoms with Gasteiger partial charge in [0, 0.05) is 13.1 Å². The molecule has 1 N–H and O–H groups in total.